The highest BCUT2D eigenvalue weighted by molar-refractivity contribution is 6.07. The van der Waals surface area contributed by atoms with Crippen LogP contribution < -0.4 is 0 Å². The number of amides is 1. The zero-order chi connectivity index (χ0) is 19.0. The van der Waals surface area contributed by atoms with Gasteiger partial charge in [-0.3, -0.25) is 4.79 Å². The van der Waals surface area contributed by atoms with Crippen LogP contribution in [-0.4, -0.2) is 28.0 Å². The van der Waals surface area contributed by atoms with Crippen LogP contribution in [0.5, 0.6) is 0 Å². The molecule has 0 aliphatic heterocycles. The third-order valence-electron chi connectivity index (χ3n) is 4.77. The van der Waals surface area contributed by atoms with Crippen molar-refractivity contribution in [2.24, 2.45) is 0 Å². The van der Waals surface area contributed by atoms with Gasteiger partial charge in [-0.2, -0.15) is 0 Å². The highest BCUT2D eigenvalue weighted by Gasteiger charge is 2.25. The van der Waals surface area contributed by atoms with Gasteiger partial charge >= 0.3 is 0 Å². The Bertz CT molecular complexity index is 1080. The predicted molar refractivity (Wildman–Crippen MR) is 101 cm³/mol. The van der Waals surface area contributed by atoms with Crippen molar-refractivity contribution in [1.82, 2.24) is 15.0 Å². The molecule has 1 aromatic carbocycles. The normalized spacial score (nSPS) is 12.3. The summed E-state index contributed by atoms with van der Waals surface area (Å²) in [5.41, 5.74) is 3.08. The third kappa shape index (κ3) is 2.99. The molecule has 136 valence electrons. The van der Waals surface area contributed by atoms with Gasteiger partial charge in [-0.1, -0.05) is 35.5 Å². The van der Waals surface area contributed by atoms with Crippen molar-refractivity contribution < 1.29 is 13.7 Å². The summed E-state index contributed by atoms with van der Waals surface area (Å²) in [4.78, 5) is 19.5. The Balaban J connectivity index is 1.82. The molecule has 0 saturated heterocycles. The van der Waals surface area contributed by atoms with Crippen LogP contribution >= 0.6 is 0 Å². The predicted octanol–water partition coefficient (Wildman–Crippen LogP) is 4.62. The summed E-state index contributed by atoms with van der Waals surface area (Å²) in [6.07, 6.45) is 1.60. The summed E-state index contributed by atoms with van der Waals surface area (Å²) in [6.45, 7) is 3.73. The highest BCUT2D eigenvalue weighted by atomic mass is 16.5. The minimum Gasteiger partial charge on any atom is -0.467 e. The Labute approximate surface area is 156 Å². The van der Waals surface area contributed by atoms with Crippen molar-refractivity contribution in [3.05, 3.63) is 71.8 Å². The molecule has 27 heavy (non-hydrogen) atoms. The molecule has 3 aromatic heterocycles. The highest BCUT2D eigenvalue weighted by Crippen LogP contribution is 2.29. The molecule has 0 fully saturated rings. The maximum Gasteiger partial charge on any atom is 0.259 e. The number of benzene rings is 1. The SMILES string of the molecule is Cc1noc2nc(-c3ccccc3)cc(C(=O)N(C)C(C)c3ccco3)c12. The fourth-order valence-corrected chi connectivity index (χ4v) is 3.11. The number of rotatable bonds is 4. The van der Waals surface area contributed by atoms with Crippen molar-refractivity contribution in [3.8, 4) is 11.3 Å². The van der Waals surface area contributed by atoms with E-state index in [0.717, 1.165) is 11.3 Å². The van der Waals surface area contributed by atoms with E-state index in [1.54, 1.807) is 24.3 Å². The molecule has 4 aromatic rings. The van der Waals surface area contributed by atoms with E-state index >= 15 is 0 Å². The number of fused-ring (bicyclic) bond motifs is 1. The van der Waals surface area contributed by atoms with E-state index in [4.69, 9.17) is 8.94 Å². The fraction of sp³-hybridized carbons (Fsp3) is 0.190. The average Bonchev–Trinajstić information content (AvgIpc) is 3.37. The molecular weight excluding hydrogens is 342 g/mol. The van der Waals surface area contributed by atoms with Crippen molar-refractivity contribution in [3.63, 3.8) is 0 Å². The maximum absolute atomic E-state index is 13.3. The Morgan fingerprint density at radius 1 is 1.15 bits per heavy atom. The summed E-state index contributed by atoms with van der Waals surface area (Å²) in [5, 5.41) is 4.64. The van der Waals surface area contributed by atoms with Gasteiger partial charge in [0.1, 0.15) is 5.76 Å². The van der Waals surface area contributed by atoms with Crippen LogP contribution in [0.3, 0.4) is 0 Å². The maximum atomic E-state index is 13.3. The van der Waals surface area contributed by atoms with Crippen molar-refractivity contribution in [2.75, 3.05) is 7.05 Å². The molecule has 0 saturated carbocycles. The topological polar surface area (TPSA) is 72.4 Å². The van der Waals surface area contributed by atoms with E-state index < -0.39 is 0 Å². The first kappa shape index (κ1) is 17.0. The number of carbonyl (C=O) groups excluding carboxylic acids is 1. The molecule has 0 radical (unpaired) electrons. The fourth-order valence-electron chi connectivity index (χ4n) is 3.11. The number of hydrogen-bond donors (Lipinski definition) is 0. The van der Waals surface area contributed by atoms with Gasteiger partial charge < -0.3 is 13.8 Å². The second kappa shape index (κ2) is 6.72. The van der Waals surface area contributed by atoms with Gasteiger partial charge in [-0.15, -0.1) is 0 Å². The lowest BCUT2D eigenvalue weighted by Crippen LogP contribution is -2.29. The van der Waals surface area contributed by atoms with E-state index in [1.165, 1.54) is 0 Å². The second-order valence-electron chi connectivity index (χ2n) is 6.48. The number of carbonyl (C=O) groups is 1. The number of furan rings is 1. The molecule has 0 bridgehead atoms. The van der Waals surface area contributed by atoms with E-state index in [2.05, 4.69) is 10.1 Å². The second-order valence-corrected chi connectivity index (χ2v) is 6.48. The van der Waals surface area contributed by atoms with Gasteiger partial charge in [-0.05, 0) is 32.0 Å². The average molecular weight is 361 g/mol. The largest absolute Gasteiger partial charge is 0.467 e. The van der Waals surface area contributed by atoms with Gasteiger partial charge in [-0.25, -0.2) is 4.98 Å². The monoisotopic (exact) mass is 361 g/mol. The lowest BCUT2D eigenvalue weighted by molar-refractivity contribution is 0.0728. The van der Waals surface area contributed by atoms with Gasteiger partial charge in [0.2, 0.25) is 0 Å². The smallest absolute Gasteiger partial charge is 0.259 e. The quantitative estimate of drug-likeness (QED) is 0.530. The first-order chi connectivity index (χ1) is 13.1. The van der Waals surface area contributed by atoms with Crippen LogP contribution in [0.4, 0.5) is 0 Å². The Morgan fingerprint density at radius 2 is 1.93 bits per heavy atom. The molecule has 3 heterocycles. The molecular formula is C21H19N3O3. The molecule has 6 heteroatoms. The molecule has 0 spiro atoms. The number of nitrogens with zero attached hydrogens (tertiary/aromatic N) is 3. The van der Waals surface area contributed by atoms with E-state index in [1.807, 2.05) is 56.3 Å². The van der Waals surface area contributed by atoms with E-state index in [0.29, 0.717) is 28.1 Å². The molecule has 4 rings (SSSR count). The zero-order valence-corrected chi connectivity index (χ0v) is 15.3. The molecule has 0 aliphatic rings. The van der Waals surface area contributed by atoms with Crippen molar-refractivity contribution in [1.29, 1.82) is 0 Å². The molecule has 0 aliphatic carbocycles. The minimum absolute atomic E-state index is 0.144. The molecule has 1 atom stereocenters. The number of aromatic nitrogens is 2. The zero-order valence-electron chi connectivity index (χ0n) is 15.3. The van der Waals surface area contributed by atoms with Gasteiger partial charge in [0.25, 0.3) is 11.6 Å². The first-order valence-electron chi connectivity index (χ1n) is 8.69. The Morgan fingerprint density at radius 3 is 2.63 bits per heavy atom. The van der Waals surface area contributed by atoms with Gasteiger partial charge in [0.05, 0.1) is 34.6 Å². The Hall–Kier alpha value is -3.41. The lowest BCUT2D eigenvalue weighted by atomic mass is 10.0. The summed E-state index contributed by atoms with van der Waals surface area (Å²) in [7, 11) is 1.76. The standard InChI is InChI=1S/C21H19N3O3/c1-13-19-16(21(25)24(3)14(2)18-10-7-11-26-18)12-17(22-20(19)27-23-13)15-8-5-4-6-9-15/h4-12,14H,1-3H3. The van der Waals surface area contributed by atoms with Crippen LogP contribution in [0.1, 0.15) is 34.8 Å². The molecule has 6 nitrogen and oxygen atoms in total. The third-order valence-corrected chi connectivity index (χ3v) is 4.77. The van der Waals surface area contributed by atoms with Gasteiger partial charge in [0.15, 0.2) is 0 Å². The molecule has 1 unspecified atom stereocenters. The summed E-state index contributed by atoms with van der Waals surface area (Å²) < 4.78 is 10.8. The first-order valence-corrected chi connectivity index (χ1v) is 8.69. The van der Waals surface area contributed by atoms with Crippen LogP contribution in [0.15, 0.2) is 63.7 Å². The van der Waals surface area contributed by atoms with Crippen LogP contribution in [0.25, 0.3) is 22.4 Å². The minimum atomic E-state index is -0.212. The lowest BCUT2D eigenvalue weighted by Gasteiger charge is -2.23. The van der Waals surface area contributed by atoms with Gasteiger partial charge in [0, 0.05) is 12.6 Å². The summed E-state index contributed by atoms with van der Waals surface area (Å²) in [5.74, 6) is 0.580. The van der Waals surface area contributed by atoms with E-state index in [-0.39, 0.29) is 11.9 Å². The Kier molecular flexibility index (Phi) is 4.24. The number of hydrogen-bond acceptors (Lipinski definition) is 5. The van der Waals surface area contributed by atoms with Crippen LogP contribution in [0.2, 0.25) is 0 Å². The van der Waals surface area contributed by atoms with Crippen molar-refractivity contribution >= 4 is 17.0 Å². The molecule has 1 amide bonds. The number of aryl methyl sites for hydroxylation is 1. The molecule has 0 N–H and O–H groups in total. The number of pyridine rings is 1. The van der Waals surface area contributed by atoms with Crippen LogP contribution in [0, 0.1) is 6.92 Å². The van der Waals surface area contributed by atoms with Crippen LogP contribution in [-0.2, 0) is 0 Å². The summed E-state index contributed by atoms with van der Waals surface area (Å²) >= 11 is 0. The van der Waals surface area contributed by atoms with Crippen molar-refractivity contribution in [2.45, 2.75) is 19.9 Å². The van der Waals surface area contributed by atoms with E-state index in [9.17, 15) is 4.79 Å². The summed E-state index contributed by atoms with van der Waals surface area (Å²) in [6, 6.07) is 14.9.